The van der Waals surface area contributed by atoms with Crippen molar-refractivity contribution in [3.63, 3.8) is 0 Å². The van der Waals surface area contributed by atoms with E-state index in [4.69, 9.17) is 4.74 Å². The van der Waals surface area contributed by atoms with Crippen molar-refractivity contribution in [2.45, 2.75) is 13.8 Å². The Labute approximate surface area is 143 Å². The summed E-state index contributed by atoms with van der Waals surface area (Å²) in [5.41, 5.74) is 3.71. The molecule has 0 radical (unpaired) electrons. The number of carbonyl (C=O) groups excluding carboxylic acids is 2. The Hall–Kier alpha value is -2.14. The van der Waals surface area contributed by atoms with Gasteiger partial charge in [0.2, 0.25) is 0 Å². The number of ether oxygens (including phenoxy) is 1. The predicted molar refractivity (Wildman–Crippen MR) is 92.6 cm³/mol. The van der Waals surface area contributed by atoms with Gasteiger partial charge in [-0.2, -0.15) is 0 Å². The second kappa shape index (κ2) is 6.16. The van der Waals surface area contributed by atoms with Crippen molar-refractivity contribution >= 4 is 33.8 Å². The van der Waals surface area contributed by atoms with Crippen LogP contribution in [0.5, 0.6) is 5.75 Å². The van der Waals surface area contributed by atoms with Crippen molar-refractivity contribution in [1.29, 1.82) is 0 Å². The lowest BCUT2D eigenvalue weighted by molar-refractivity contribution is 0.0989. The van der Waals surface area contributed by atoms with Crippen molar-refractivity contribution in [1.82, 2.24) is 0 Å². The molecule has 1 amide bonds. The molecule has 0 unspecified atom stereocenters. The van der Waals surface area contributed by atoms with E-state index in [9.17, 15) is 9.59 Å². The molecule has 2 aromatic carbocycles. The lowest BCUT2D eigenvalue weighted by atomic mass is 10.0. The molecule has 0 fully saturated rings. The summed E-state index contributed by atoms with van der Waals surface area (Å²) in [6, 6.07) is 9.12. The van der Waals surface area contributed by atoms with Crippen LogP contribution in [0, 0.1) is 13.8 Å². The summed E-state index contributed by atoms with van der Waals surface area (Å²) in [7, 11) is 0. The molecule has 4 nitrogen and oxygen atoms in total. The molecule has 1 aliphatic heterocycles. The van der Waals surface area contributed by atoms with Gasteiger partial charge in [0.25, 0.3) is 5.91 Å². The Kier molecular flexibility index (Phi) is 4.22. The van der Waals surface area contributed by atoms with Gasteiger partial charge in [0, 0.05) is 4.47 Å². The average Bonchev–Trinajstić information content (AvgIpc) is 2.68. The Morgan fingerprint density at radius 1 is 1.22 bits per heavy atom. The molecule has 23 heavy (non-hydrogen) atoms. The average molecular weight is 374 g/mol. The largest absolute Gasteiger partial charge is 0.491 e. The van der Waals surface area contributed by atoms with Gasteiger partial charge in [-0.3, -0.25) is 9.59 Å². The van der Waals surface area contributed by atoms with Crippen LogP contribution < -0.4 is 9.64 Å². The van der Waals surface area contributed by atoms with Crippen molar-refractivity contribution in [2.75, 3.05) is 18.1 Å². The molecule has 5 heteroatoms. The Morgan fingerprint density at radius 2 is 1.96 bits per heavy atom. The van der Waals surface area contributed by atoms with E-state index in [1.165, 1.54) is 0 Å². The van der Waals surface area contributed by atoms with E-state index in [1.54, 1.807) is 17.0 Å². The Balaban J connectivity index is 2.12. The Morgan fingerprint density at radius 3 is 2.70 bits per heavy atom. The number of anilines is 1. The zero-order chi connectivity index (χ0) is 16.6. The first-order valence-electron chi connectivity index (χ1n) is 7.32. The molecule has 0 aliphatic carbocycles. The van der Waals surface area contributed by atoms with Crippen LogP contribution in [0.1, 0.15) is 31.8 Å². The minimum absolute atomic E-state index is 0.151. The van der Waals surface area contributed by atoms with Gasteiger partial charge in [-0.15, -0.1) is 0 Å². The number of hydrogen-bond acceptors (Lipinski definition) is 3. The van der Waals surface area contributed by atoms with Gasteiger partial charge in [0.15, 0.2) is 6.29 Å². The number of nitrogens with zero attached hydrogens (tertiary/aromatic N) is 1. The van der Waals surface area contributed by atoms with Crippen molar-refractivity contribution < 1.29 is 14.3 Å². The molecule has 0 saturated heterocycles. The molecule has 0 aromatic heterocycles. The number of aryl methyl sites for hydroxylation is 2. The smallest absolute Gasteiger partial charge is 0.262 e. The zero-order valence-corrected chi connectivity index (χ0v) is 14.5. The number of carbonyl (C=O) groups is 2. The molecule has 0 atom stereocenters. The Bertz CT molecular complexity index is 801. The van der Waals surface area contributed by atoms with E-state index in [0.29, 0.717) is 40.2 Å². The van der Waals surface area contributed by atoms with E-state index in [1.807, 2.05) is 32.0 Å². The van der Waals surface area contributed by atoms with Crippen LogP contribution in [0.4, 0.5) is 5.69 Å². The first-order valence-corrected chi connectivity index (χ1v) is 8.12. The van der Waals surface area contributed by atoms with Gasteiger partial charge < -0.3 is 9.64 Å². The summed E-state index contributed by atoms with van der Waals surface area (Å²) in [6.45, 7) is 4.73. The van der Waals surface area contributed by atoms with E-state index in [2.05, 4.69) is 15.9 Å². The third kappa shape index (κ3) is 2.77. The quantitative estimate of drug-likeness (QED) is 0.749. The van der Waals surface area contributed by atoms with Gasteiger partial charge in [-0.25, -0.2) is 0 Å². The summed E-state index contributed by atoms with van der Waals surface area (Å²) in [5.74, 6) is 0.449. The highest BCUT2D eigenvalue weighted by Crippen LogP contribution is 2.32. The van der Waals surface area contributed by atoms with Gasteiger partial charge >= 0.3 is 0 Å². The molecule has 118 valence electrons. The second-order valence-corrected chi connectivity index (χ2v) is 6.38. The first kappa shape index (κ1) is 15.7. The minimum Gasteiger partial charge on any atom is -0.491 e. The summed E-state index contributed by atoms with van der Waals surface area (Å²) in [5, 5.41) is 0. The monoisotopic (exact) mass is 373 g/mol. The molecule has 0 spiro atoms. The fourth-order valence-electron chi connectivity index (χ4n) is 2.68. The maximum absolute atomic E-state index is 13.0. The highest BCUT2D eigenvalue weighted by atomic mass is 79.9. The SMILES string of the molecule is Cc1cc2c(cc1C)C(=O)N(c1cccc(Br)c1C=O)CCO2. The number of amides is 1. The standard InChI is InChI=1S/C18H16BrNO3/c1-11-8-13-17(9-12(11)2)23-7-6-20(18(13)22)16-5-3-4-15(19)14(16)10-21/h3-5,8-10H,6-7H2,1-2H3. The summed E-state index contributed by atoms with van der Waals surface area (Å²) < 4.78 is 6.42. The molecular weight excluding hydrogens is 358 g/mol. The molecule has 2 aromatic rings. The number of aldehydes is 1. The highest BCUT2D eigenvalue weighted by molar-refractivity contribution is 9.10. The normalized spacial score (nSPS) is 14.0. The maximum Gasteiger partial charge on any atom is 0.262 e. The summed E-state index contributed by atoms with van der Waals surface area (Å²) >= 11 is 3.37. The third-order valence-corrected chi connectivity index (χ3v) is 4.77. The van der Waals surface area contributed by atoms with Gasteiger partial charge in [0.1, 0.15) is 12.4 Å². The predicted octanol–water partition coefficient (Wildman–Crippen LogP) is 3.92. The van der Waals surface area contributed by atoms with Crippen LogP contribution in [0.25, 0.3) is 0 Å². The fraction of sp³-hybridized carbons (Fsp3) is 0.222. The van der Waals surface area contributed by atoms with Crippen LogP contribution in [0.15, 0.2) is 34.8 Å². The van der Waals surface area contributed by atoms with Gasteiger partial charge in [0.05, 0.1) is 23.4 Å². The number of rotatable bonds is 2. The van der Waals surface area contributed by atoms with E-state index >= 15 is 0 Å². The zero-order valence-electron chi connectivity index (χ0n) is 12.9. The molecular formula is C18H16BrNO3. The molecule has 1 heterocycles. The number of hydrogen-bond donors (Lipinski definition) is 0. The lowest BCUT2D eigenvalue weighted by Crippen LogP contribution is -2.33. The summed E-state index contributed by atoms with van der Waals surface area (Å²) in [6.07, 6.45) is 0.764. The molecule has 1 aliphatic rings. The van der Waals surface area contributed by atoms with Crippen LogP contribution in [-0.4, -0.2) is 25.3 Å². The minimum atomic E-state index is -0.151. The molecule has 0 bridgehead atoms. The van der Waals surface area contributed by atoms with Crippen molar-refractivity contribution in [3.8, 4) is 5.75 Å². The van der Waals surface area contributed by atoms with Crippen molar-refractivity contribution in [2.24, 2.45) is 0 Å². The van der Waals surface area contributed by atoms with E-state index in [-0.39, 0.29) is 5.91 Å². The molecule has 0 N–H and O–H groups in total. The molecule has 0 saturated carbocycles. The third-order valence-electron chi connectivity index (χ3n) is 4.08. The first-order chi connectivity index (χ1) is 11.0. The van der Waals surface area contributed by atoms with Crippen LogP contribution in [0.2, 0.25) is 0 Å². The number of halogens is 1. The number of benzene rings is 2. The highest BCUT2D eigenvalue weighted by Gasteiger charge is 2.27. The lowest BCUT2D eigenvalue weighted by Gasteiger charge is -2.22. The maximum atomic E-state index is 13.0. The molecule has 3 rings (SSSR count). The van der Waals surface area contributed by atoms with E-state index in [0.717, 1.165) is 17.4 Å². The van der Waals surface area contributed by atoms with Crippen LogP contribution in [-0.2, 0) is 0 Å². The summed E-state index contributed by atoms with van der Waals surface area (Å²) in [4.78, 5) is 26.0. The second-order valence-electron chi connectivity index (χ2n) is 5.53. The van der Waals surface area contributed by atoms with Gasteiger partial charge in [-0.1, -0.05) is 6.07 Å². The fourth-order valence-corrected chi connectivity index (χ4v) is 3.13. The topological polar surface area (TPSA) is 46.6 Å². The van der Waals surface area contributed by atoms with Crippen molar-refractivity contribution in [3.05, 3.63) is 57.1 Å². The number of fused-ring (bicyclic) bond motifs is 1. The van der Waals surface area contributed by atoms with Gasteiger partial charge in [-0.05, 0) is 65.2 Å². The van der Waals surface area contributed by atoms with E-state index < -0.39 is 0 Å². The van der Waals surface area contributed by atoms with Crippen LogP contribution in [0.3, 0.4) is 0 Å². The van der Waals surface area contributed by atoms with Crippen LogP contribution >= 0.6 is 15.9 Å².